The molecular formula is C14H13IN2O7. The zero-order chi connectivity index (χ0) is 17.9. The van der Waals surface area contributed by atoms with Crippen molar-refractivity contribution in [3.63, 3.8) is 0 Å². The van der Waals surface area contributed by atoms with Crippen LogP contribution in [0.4, 0.5) is 11.4 Å². The van der Waals surface area contributed by atoms with E-state index in [1.807, 2.05) is 22.6 Å². The van der Waals surface area contributed by atoms with Gasteiger partial charge >= 0.3 is 11.9 Å². The maximum atomic E-state index is 12.2. The van der Waals surface area contributed by atoms with Gasteiger partial charge in [0.25, 0.3) is 5.69 Å². The molecular weight excluding hydrogens is 435 g/mol. The second-order valence-electron chi connectivity index (χ2n) is 4.61. The number of anilines is 1. The lowest BCUT2D eigenvalue weighted by Crippen LogP contribution is -2.39. The number of nitro benzene ring substituents is 1. The molecule has 1 aromatic rings. The minimum Gasteiger partial charge on any atom is -0.466 e. The van der Waals surface area contributed by atoms with E-state index in [4.69, 9.17) is 9.47 Å². The Morgan fingerprint density at radius 2 is 1.96 bits per heavy atom. The Balaban J connectivity index is 2.63. The number of non-ortho nitro benzene ring substituents is 1. The second kappa shape index (κ2) is 7.57. The minimum absolute atomic E-state index is 0.0158. The zero-order valence-electron chi connectivity index (χ0n) is 12.8. The lowest BCUT2D eigenvalue weighted by atomic mass is 10.1. The Morgan fingerprint density at radius 3 is 2.54 bits per heavy atom. The molecule has 1 aliphatic heterocycles. The van der Waals surface area contributed by atoms with Crippen molar-refractivity contribution in [2.75, 3.05) is 32.5 Å². The van der Waals surface area contributed by atoms with Gasteiger partial charge in [-0.3, -0.25) is 10.1 Å². The van der Waals surface area contributed by atoms with Crippen LogP contribution in [0, 0.1) is 13.7 Å². The Labute approximate surface area is 150 Å². The number of nitro groups is 1. The van der Waals surface area contributed by atoms with Crippen LogP contribution < -0.4 is 4.90 Å². The maximum absolute atomic E-state index is 12.2. The van der Waals surface area contributed by atoms with Gasteiger partial charge in [-0.1, -0.05) is 0 Å². The van der Waals surface area contributed by atoms with E-state index >= 15 is 0 Å². The van der Waals surface area contributed by atoms with E-state index < -0.39 is 16.9 Å². The number of methoxy groups -OCH3 is 2. The first-order valence-corrected chi connectivity index (χ1v) is 7.67. The van der Waals surface area contributed by atoms with Gasteiger partial charge in [0.15, 0.2) is 0 Å². The molecule has 0 N–H and O–H groups in total. The Bertz CT molecular complexity index is 732. The highest BCUT2D eigenvalue weighted by Crippen LogP contribution is 2.33. The third kappa shape index (κ3) is 3.48. The SMILES string of the molecule is COC(=O)C1=C(C(=O)OC)N(c2cc([N+](=O)[O-])ccc2I)COC1. The molecule has 0 aromatic heterocycles. The normalized spacial score (nSPS) is 14.4. The first kappa shape index (κ1) is 18.1. The third-order valence-electron chi connectivity index (χ3n) is 3.26. The minimum atomic E-state index is -0.763. The molecule has 0 spiro atoms. The monoisotopic (exact) mass is 448 g/mol. The number of esters is 2. The summed E-state index contributed by atoms with van der Waals surface area (Å²) < 4.78 is 15.4. The van der Waals surface area contributed by atoms with Gasteiger partial charge in [0.2, 0.25) is 0 Å². The molecule has 0 radical (unpaired) electrons. The van der Waals surface area contributed by atoms with Crippen molar-refractivity contribution >= 4 is 45.9 Å². The van der Waals surface area contributed by atoms with Crippen molar-refractivity contribution < 1.29 is 28.7 Å². The predicted octanol–water partition coefficient (Wildman–Crippen LogP) is 1.59. The van der Waals surface area contributed by atoms with E-state index in [1.54, 1.807) is 0 Å². The van der Waals surface area contributed by atoms with Crippen LogP contribution in [-0.4, -0.2) is 44.4 Å². The fraction of sp³-hybridized carbons (Fsp3) is 0.286. The number of ether oxygens (including phenoxy) is 3. The number of carbonyl (C=O) groups is 2. The molecule has 1 aliphatic rings. The van der Waals surface area contributed by atoms with Gasteiger partial charge in [-0.2, -0.15) is 0 Å². The highest BCUT2D eigenvalue weighted by atomic mass is 127. The van der Waals surface area contributed by atoms with Gasteiger partial charge in [-0.25, -0.2) is 9.59 Å². The molecule has 9 nitrogen and oxygen atoms in total. The average Bonchev–Trinajstić information content (AvgIpc) is 2.59. The van der Waals surface area contributed by atoms with Crippen molar-refractivity contribution in [1.29, 1.82) is 0 Å². The van der Waals surface area contributed by atoms with E-state index in [0.717, 1.165) is 0 Å². The lowest BCUT2D eigenvalue weighted by molar-refractivity contribution is -0.384. The second-order valence-corrected chi connectivity index (χ2v) is 5.77. The summed E-state index contributed by atoms with van der Waals surface area (Å²) in [5.74, 6) is -1.50. The summed E-state index contributed by atoms with van der Waals surface area (Å²) in [5.41, 5.74) is 0.123. The van der Waals surface area contributed by atoms with Crippen LogP contribution in [0.3, 0.4) is 0 Å². The number of rotatable bonds is 4. The fourth-order valence-electron chi connectivity index (χ4n) is 2.16. The van der Waals surface area contributed by atoms with Crippen molar-refractivity contribution in [2.24, 2.45) is 0 Å². The number of halogens is 1. The molecule has 0 saturated heterocycles. The molecule has 24 heavy (non-hydrogen) atoms. The molecule has 0 aliphatic carbocycles. The van der Waals surface area contributed by atoms with Crippen LogP contribution in [0.15, 0.2) is 29.5 Å². The van der Waals surface area contributed by atoms with Gasteiger partial charge in [0.1, 0.15) is 12.4 Å². The number of hydrogen-bond donors (Lipinski definition) is 0. The van der Waals surface area contributed by atoms with Gasteiger partial charge in [-0.05, 0) is 28.7 Å². The lowest BCUT2D eigenvalue weighted by Gasteiger charge is -2.31. The first-order chi connectivity index (χ1) is 11.4. The number of nitrogens with zero attached hydrogens (tertiary/aromatic N) is 2. The highest BCUT2D eigenvalue weighted by Gasteiger charge is 2.33. The standard InChI is InChI=1S/C14H13IN2O7/c1-22-13(18)9-6-24-7-16(12(9)14(19)23-2)11-5-8(17(20)21)3-4-10(11)15/h3-5H,6-7H2,1-2H3. The predicted molar refractivity (Wildman–Crippen MR) is 90.2 cm³/mol. The van der Waals surface area contributed by atoms with Crippen molar-refractivity contribution in [1.82, 2.24) is 0 Å². The van der Waals surface area contributed by atoms with Crippen LogP contribution in [0.1, 0.15) is 0 Å². The summed E-state index contributed by atoms with van der Waals surface area (Å²) in [5, 5.41) is 11.0. The Hall–Kier alpha value is -2.21. The smallest absolute Gasteiger partial charge is 0.355 e. The molecule has 0 unspecified atom stereocenters. The van der Waals surface area contributed by atoms with Crippen LogP contribution in [0.25, 0.3) is 0 Å². The van der Waals surface area contributed by atoms with Crippen molar-refractivity contribution in [3.8, 4) is 0 Å². The van der Waals surface area contributed by atoms with Crippen LogP contribution >= 0.6 is 22.6 Å². The van der Waals surface area contributed by atoms with Crippen LogP contribution in [-0.2, 0) is 23.8 Å². The molecule has 0 amide bonds. The topological polar surface area (TPSA) is 108 Å². The Morgan fingerprint density at radius 1 is 1.29 bits per heavy atom. The largest absolute Gasteiger partial charge is 0.466 e. The van der Waals surface area contributed by atoms with E-state index in [1.165, 1.54) is 37.3 Å². The summed E-state index contributed by atoms with van der Waals surface area (Å²) in [6, 6.07) is 4.18. The third-order valence-corrected chi connectivity index (χ3v) is 4.18. The molecule has 0 saturated carbocycles. The van der Waals surface area contributed by atoms with E-state index in [0.29, 0.717) is 9.26 Å². The van der Waals surface area contributed by atoms with E-state index in [9.17, 15) is 19.7 Å². The maximum Gasteiger partial charge on any atom is 0.355 e. The highest BCUT2D eigenvalue weighted by molar-refractivity contribution is 14.1. The quantitative estimate of drug-likeness (QED) is 0.296. The van der Waals surface area contributed by atoms with Gasteiger partial charge < -0.3 is 19.1 Å². The van der Waals surface area contributed by atoms with E-state index in [-0.39, 0.29) is 30.3 Å². The van der Waals surface area contributed by atoms with Crippen LogP contribution in [0.2, 0.25) is 0 Å². The van der Waals surface area contributed by atoms with Crippen LogP contribution in [0.5, 0.6) is 0 Å². The summed E-state index contributed by atoms with van der Waals surface area (Å²) in [7, 11) is 2.36. The average molecular weight is 448 g/mol. The summed E-state index contributed by atoms with van der Waals surface area (Å²) in [6.07, 6.45) is 0. The molecule has 10 heteroatoms. The van der Waals surface area contributed by atoms with Crippen molar-refractivity contribution in [2.45, 2.75) is 0 Å². The molecule has 128 valence electrons. The summed E-state index contributed by atoms with van der Waals surface area (Å²) >= 11 is 1.97. The molecule has 1 heterocycles. The Kier molecular flexibility index (Phi) is 5.72. The van der Waals surface area contributed by atoms with Crippen molar-refractivity contribution in [3.05, 3.63) is 43.2 Å². The fourth-order valence-corrected chi connectivity index (χ4v) is 2.78. The van der Waals surface area contributed by atoms with Gasteiger partial charge in [-0.15, -0.1) is 0 Å². The summed E-state index contributed by atoms with van der Waals surface area (Å²) in [4.78, 5) is 35.9. The molecule has 0 fully saturated rings. The van der Waals surface area contributed by atoms with Gasteiger partial charge in [0, 0.05) is 15.7 Å². The molecule has 0 atom stereocenters. The first-order valence-electron chi connectivity index (χ1n) is 6.59. The summed E-state index contributed by atoms with van der Waals surface area (Å²) in [6.45, 7) is -0.193. The van der Waals surface area contributed by atoms with Gasteiger partial charge in [0.05, 0.1) is 37.0 Å². The molecule has 2 rings (SSSR count). The van der Waals surface area contributed by atoms with E-state index in [2.05, 4.69) is 4.74 Å². The number of carbonyl (C=O) groups excluding carboxylic acids is 2. The number of hydrogen-bond acceptors (Lipinski definition) is 8. The zero-order valence-corrected chi connectivity index (χ0v) is 14.9. The molecule has 0 bridgehead atoms. The molecule has 1 aromatic carbocycles. The number of benzene rings is 1.